The largest absolute Gasteiger partial charge is 0.320 e. The fourth-order valence-electron chi connectivity index (χ4n) is 0. The van der Waals surface area contributed by atoms with Gasteiger partial charge in [0.1, 0.15) is 0 Å². The Balaban J connectivity index is 2.43. The molecule has 0 aromatic rings. The number of hydrogen-bond donors (Lipinski definition) is 0. The number of halogens is 1. The molecular formula is CHINP. The van der Waals surface area contributed by atoms with Crippen molar-refractivity contribution in [3.8, 4) is 0 Å². The summed E-state index contributed by atoms with van der Waals surface area (Å²) in [7, 11) is 0. The molecule has 0 heterocycles. The van der Waals surface area contributed by atoms with Crippen LogP contribution in [0.3, 0.4) is 0 Å². The predicted molar refractivity (Wildman–Crippen MR) is 28.9 cm³/mol. The lowest BCUT2D eigenvalue weighted by Crippen LogP contribution is -0.892. The highest BCUT2D eigenvalue weighted by Crippen LogP contribution is 2.20. The van der Waals surface area contributed by atoms with Crippen molar-refractivity contribution in [2.75, 3.05) is 0 Å². The first kappa shape index (κ1) is 4.65. The minimum atomic E-state index is 0.402. The van der Waals surface area contributed by atoms with Gasteiger partial charge in [-0.3, -0.25) is 4.62 Å². The zero-order valence-corrected chi connectivity index (χ0v) is 4.98. The average Bonchev–Trinajstić information content (AvgIpc) is 1.37. The van der Waals surface area contributed by atoms with Crippen LogP contribution in [0.4, 0.5) is 0 Å². The highest BCUT2D eigenvalue weighted by atomic mass is 127. The molecule has 0 aliphatic heterocycles. The maximum atomic E-state index is 6.08. The molecule has 0 rings (SSSR count). The Kier molecular flexibility index (Phi) is 4.24. The molecule has 22 valence electrons. The van der Waals surface area contributed by atoms with Crippen LogP contribution < -0.4 is 0 Å². The van der Waals surface area contributed by atoms with E-state index in [0.717, 1.165) is 0 Å². The van der Waals surface area contributed by atoms with Gasteiger partial charge in [-0.25, -0.2) is 6.57 Å². The molecule has 0 bridgehead atoms. The van der Waals surface area contributed by atoms with Gasteiger partial charge in [0.2, 0.25) is 0 Å². The van der Waals surface area contributed by atoms with Crippen LogP contribution in [0.5, 0.6) is 0 Å². The molecule has 1 nitrogen and oxygen atoms in total. The molecular weight excluding hydrogens is 184 g/mol. The Morgan fingerprint density at radius 2 is 2.25 bits per heavy atom. The molecule has 0 radical (unpaired) electrons. The molecule has 1 atom stereocenters. The first-order valence-corrected chi connectivity index (χ1v) is 4.70. The smallest absolute Gasteiger partial charge is 0.295 e. The van der Waals surface area contributed by atoms with E-state index in [1.807, 2.05) is 22.0 Å². The van der Waals surface area contributed by atoms with E-state index >= 15 is 0 Å². The van der Waals surface area contributed by atoms with Crippen molar-refractivity contribution in [3.63, 3.8) is 0 Å². The molecule has 0 aliphatic carbocycles. The molecule has 0 N–H and O–H groups in total. The van der Waals surface area contributed by atoms with Crippen LogP contribution in [0, 0.1) is 6.57 Å². The van der Waals surface area contributed by atoms with E-state index in [1.165, 1.54) is 0 Å². The molecule has 0 saturated heterocycles. The second-order valence-electron chi connectivity index (χ2n) is 0.196. The minimum Gasteiger partial charge on any atom is -0.295 e. The quantitative estimate of drug-likeness (QED) is 0.308. The van der Waals surface area contributed by atoms with Crippen LogP contribution in [0.1, 0.15) is 0 Å². The SMILES string of the molecule is [C-]#[N+]PI. The van der Waals surface area contributed by atoms with Gasteiger partial charge in [-0.15, -0.1) is 0 Å². The van der Waals surface area contributed by atoms with Crippen molar-refractivity contribution in [2.45, 2.75) is 0 Å². The van der Waals surface area contributed by atoms with E-state index < -0.39 is 0 Å². The van der Waals surface area contributed by atoms with E-state index in [0.29, 0.717) is 6.37 Å². The van der Waals surface area contributed by atoms with Gasteiger partial charge in [0.15, 0.2) is 0 Å². The van der Waals surface area contributed by atoms with E-state index in [4.69, 9.17) is 6.57 Å². The molecule has 0 saturated carbocycles. The van der Waals surface area contributed by atoms with Gasteiger partial charge in [-0.1, -0.05) is 0 Å². The molecule has 0 fully saturated rings. The molecule has 0 aliphatic rings. The molecule has 3 heteroatoms. The van der Waals surface area contributed by atoms with E-state index in [1.54, 1.807) is 0 Å². The maximum absolute atomic E-state index is 6.08. The highest BCUT2D eigenvalue weighted by Gasteiger charge is 1.57. The van der Waals surface area contributed by atoms with Gasteiger partial charge < -0.3 is 0 Å². The fourth-order valence-corrected chi connectivity index (χ4v) is 0. The van der Waals surface area contributed by atoms with E-state index in [2.05, 4.69) is 4.62 Å². The zero-order valence-electron chi connectivity index (χ0n) is 1.83. The number of rotatable bonds is 0. The second kappa shape index (κ2) is 3.65. The van der Waals surface area contributed by atoms with Crippen molar-refractivity contribution >= 4 is 28.4 Å². The van der Waals surface area contributed by atoms with Crippen molar-refractivity contribution in [3.05, 3.63) is 11.2 Å². The van der Waals surface area contributed by atoms with Crippen molar-refractivity contribution in [2.24, 2.45) is 0 Å². The molecule has 0 amide bonds. The summed E-state index contributed by atoms with van der Waals surface area (Å²) < 4.78 is 3.00. The van der Waals surface area contributed by atoms with Crippen LogP contribution >= 0.6 is 28.4 Å². The van der Waals surface area contributed by atoms with Crippen LogP contribution in [-0.2, 0) is 0 Å². The summed E-state index contributed by atoms with van der Waals surface area (Å²) >= 11 is 2.03. The lowest BCUT2D eigenvalue weighted by atomic mass is 11.9. The van der Waals surface area contributed by atoms with Gasteiger partial charge in [0, 0.05) is 22.0 Å². The Hall–Kier alpha value is 0.650. The monoisotopic (exact) mass is 185 g/mol. The molecule has 1 unspecified atom stereocenters. The summed E-state index contributed by atoms with van der Waals surface area (Å²) in [6, 6.07) is 0. The maximum Gasteiger partial charge on any atom is 0.320 e. The third-order valence-electron chi connectivity index (χ3n) is 0.0423. The summed E-state index contributed by atoms with van der Waals surface area (Å²) in [6.07, 6.45) is 0.402. The van der Waals surface area contributed by atoms with Crippen LogP contribution in [-0.4, -0.2) is 0 Å². The standard InChI is InChI=1S/CHINP/c1-3-4-2/h4H. The lowest BCUT2D eigenvalue weighted by Gasteiger charge is -1.46. The topological polar surface area (TPSA) is 4.36 Å². The van der Waals surface area contributed by atoms with E-state index in [-0.39, 0.29) is 0 Å². The van der Waals surface area contributed by atoms with Crippen LogP contribution in [0.2, 0.25) is 0 Å². The minimum absolute atomic E-state index is 0.402. The van der Waals surface area contributed by atoms with Crippen molar-refractivity contribution in [1.29, 1.82) is 0 Å². The van der Waals surface area contributed by atoms with Crippen LogP contribution in [0.25, 0.3) is 4.62 Å². The highest BCUT2D eigenvalue weighted by molar-refractivity contribution is 14.2. The van der Waals surface area contributed by atoms with Gasteiger partial charge >= 0.3 is 6.37 Å². The Morgan fingerprint density at radius 3 is 2.25 bits per heavy atom. The predicted octanol–water partition coefficient (Wildman–Crippen LogP) is 1.85. The van der Waals surface area contributed by atoms with Gasteiger partial charge in [-0.2, -0.15) is 0 Å². The number of nitrogens with zero attached hydrogens (tertiary/aromatic N) is 1. The summed E-state index contributed by atoms with van der Waals surface area (Å²) in [5, 5.41) is 0. The van der Waals surface area contributed by atoms with E-state index in [9.17, 15) is 0 Å². The summed E-state index contributed by atoms with van der Waals surface area (Å²) in [5.41, 5.74) is 0. The third-order valence-corrected chi connectivity index (χ3v) is 0.850. The van der Waals surface area contributed by atoms with Gasteiger partial charge in [-0.05, 0) is 0 Å². The molecule has 0 aromatic heterocycles. The summed E-state index contributed by atoms with van der Waals surface area (Å²) in [6.45, 7) is 6.08. The third kappa shape index (κ3) is 2.65. The Bertz CT molecular complexity index is 37.8. The molecule has 0 spiro atoms. The fraction of sp³-hybridized carbons (Fsp3) is 0. The van der Waals surface area contributed by atoms with Crippen molar-refractivity contribution in [1.82, 2.24) is 0 Å². The van der Waals surface area contributed by atoms with Gasteiger partial charge in [0.05, 0.1) is 0 Å². The zero-order chi connectivity index (χ0) is 3.41. The second-order valence-corrected chi connectivity index (χ2v) is 2.04. The summed E-state index contributed by atoms with van der Waals surface area (Å²) in [4.78, 5) is 0. The van der Waals surface area contributed by atoms with Crippen LogP contribution in [0.15, 0.2) is 0 Å². The Morgan fingerprint density at radius 1 is 2.00 bits per heavy atom. The number of hydrogen-bond acceptors (Lipinski definition) is 0. The average molecular weight is 185 g/mol. The lowest BCUT2D eigenvalue weighted by molar-refractivity contribution is 2.60. The molecule has 4 heavy (non-hydrogen) atoms. The first-order chi connectivity index (χ1) is 1.91. The normalized spacial score (nSPS) is 8.00. The van der Waals surface area contributed by atoms with Gasteiger partial charge in [0.25, 0.3) is 0 Å². The summed E-state index contributed by atoms with van der Waals surface area (Å²) in [5.74, 6) is 0. The molecule has 0 aromatic carbocycles. The first-order valence-electron chi connectivity index (χ1n) is 0.636. The van der Waals surface area contributed by atoms with Crippen molar-refractivity contribution < 1.29 is 0 Å². The Labute approximate surface area is 39.9 Å².